The van der Waals surface area contributed by atoms with E-state index in [0.717, 1.165) is 11.3 Å². The van der Waals surface area contributed by atoms with E-state index in [2.05, 4.69) is 15.1 Å². The predicted molar refractivity (Wildman–Crippen MR) is 60.8 cm³/mol. The van der Waals surface area contributed by atoms with Crippen LogP contribution in [-0.4, -0.2) is 19.7 Å². The monoisotopic (exact) mass is 218 g/mol. The number of H-pyrrole nitrogens is 1. The summed E-state index contributed by atoms with van der Waals surface area (Å²) < 4.78 is 1.43. The quantitative estimate of drug-likeness (QED) is 0.828. The summed E-state index contributed by atoms with van der Waals surface area (Å²) in [6, 6.07) is 0. The molecular weight excluding hydrogens is 204 g/mol. The lowest BCUT2D eigenvalue weighted by Crippen LogP contribution is -2.19. The standard InChI is InChI=1S/C11H14N4O/c1-7(2)10-8(3)14-15(11(10)16)9-6-12-4-5-13-9/h4-7,14H,1-3H3. The molecule has 1 N–H and O–H groups in total. The molecule has 16 heavy (non-hydrogen) atoms. The highest BCUT2D eigenvalue weighted by molar-refractivity contribution is 5.25. The number of hydrogen-bond acceptors (Lipinski definition) is 3. The molecule has 0 amide bonds. The number of aromatic nitrogens is 4. The van der Waals surface area contributed by atoms with Crippen LogP contribution in [-0.2, 0) is 0 Å². The third-order valence-electron chi connectivity index (χ3n) is 2.47. The molecule has 5 nitrogen and oxygen atoms in total. The highest BCUT2D eigenvalue weighted by atomic mass is 16.1. The molecule has 2 rings (SSSR count). The van der Waals surface area contributed by atoms with Gasteiger partial charge in [0.05, 0.1) is 6.20 Å². The fourth-order valence-corrected chi connectivity index (χ4v) is 1.81. The summed E-state index contributed by atoms with van der Waals surface area (Å²) >= 11 is 0. The maximum atomic E-state index is 12.1. The van der Waals surface area contributed by atoms with Crippen LogP contribution in [0.2, 0.25) is 0 Å². The minimum atomic E-state index is -0.0481. The molecular formula is C11H14N4O. The Kier molecular flexibility index (Phi) is 2.60. The van der Waals surface area contributed by atoms with E-state index >= 15 is 0 Å². The normalized spacial score (nSPS) is 11.0. The highest BCUT2D eigenvalue weighted by Crippen LogP contribution is 2.13. The Balaban J connectivity index is 2.61. The summed E-state index contributed by atoms with van der Waals surface area (Å²) in [5, 5.41) is 3.01. The molecule has 2 aromatic heterocycles. The Morgan fingerprint density at radius 3 is 2.62 bits per heavy atom. The van der Waals surface area contributed by atoms with Gasteiger partial charge in [-0.2, -0.15) is 4.68 Å². The van der Waals surface area contributed by atoms with Gasteiger partial charge in [0, 0.05) is 23.7 Å². The molecule has 5 heteroatoms. The molecule has 0 fully saturated rings. The molecule has 0 radical (unpaired) electrons. The van der Waals surface area contributed by atoms with Crippen LogP contribution in [0.3, 0.4) is 0 Å². The lowest BCUT2D eigenvalue weighted by molar-refractivity contribution is 0.794. The molecule has 0 aliphatic carbocycles. The van der Waals surface area contributed by atoms with Gasteiger partial charge in [-0.3, -0.25) is 14.9 Å². The minimum absolute atomic E-state index is 0.0481. The Morgan fingerprint density at radius 1 is 1.38 bits per heavy atom. The summed E-state index contributed by atoms with van der Waals surface area (Å²) in [6.07, 6.45) is 4.70. The number of nitrogens with one attached hydrogen (secondary N) is 1. The van der Waals surface area contributed by atoms with E-state index in [9.17, 15) is 4.79 Å². The van der Waals surface area contributed by atoms with Gasteiger partial charge in [-0.1, -0.05) is 13.8 Å². The van der Waals surface area contributed by atoms with Gasteiger partial charge in [0.25, 0.3) is 5.56 Å². The average Bonchev–Trinajstić information content (AvgIpc) is 2.55. The second-order valence-corrected chi connectivity index (χ2v) is 4.01. The van der Waals surface area contributed by atoms with Crippen LogP contribution < -0.4 is 5.56 Å². The van der Waals surface area contributed by atoms with Crippen molar-refractivity contribution in [1.29, 1.82) is 0 Å². The van der Waals surface area contributed by atoms with Crippen molar-refractivity contribution in [2.24, 2.45) is 0 Å². The summed E-state index contributed by atoms with van der Waals surface area (Å²) in [4.78, 5) is 20.1. The number of rotatable bonds is 2. The summed E-state index contributed by atoms with van der Waals surface area (Å²) in [5.74, 6) is 0.712. The Labute approximate surface area is 93.2 Å². The SMILES string of the molecule is Cc1[nH]n(-c2cnccn2)c(=O)c1C(C)C. The van der Waals surface area contributed by atoms with Crippen molar-refractivity contribution in [3.05, 3.63) is 40.2 Å². The van der Waals surface area contributed by atoms with Crippen LogP contribution in [0.15, 0.2) is 23.4 Å². The average molecular weight is 218 g/mol. The smallest absolute Gasteiger partial charge is 0.276 e. The first-order valence-electron chi connectivity index (χ1n) is 5.19. The van der Waals surface area contributed by atoms with E-state index in [4.69, 9.17) is 0 Å². The number of nitrogens with zero attached hydrogens (tertiary/aromatic N) is 3. The third kappa shape index (κ3) is 1.64. The number of hydrogen-bond donors (Lipinski definition) is 1. The van der Waals surface area contributed by atoms with Crippen molar-refractivity contribution in [1.82, 2.24) is 19.7 Å². The van der Waals surface area contributed by atoms with E-state index < -0.39 is 0 Å². The Hall–Kier alpha value is -1.91. The van der Waals surface area contributed by atoms with Gasteiger partial charge in [0.15, 0.2) is 5.82 Å². The van der Waals surface area contributed by atoms with Crippen LogP contribution in [0, 0.1) is 6.92 Å². The Bertz CT molecular complexity index is 539. The zero-order chi connectivity index (χ0) is 11.7. The minimum Gasteiger partial charge on any atom is -0.294 e. The molecule has 0 bridgehead atoms. The van der Waals surface area contributed by atoms with E-state index in [1.807, 2.05) is 20.8 Å². The van der Waals surface area contributed by atoms with Crippen molar-refractivity contribution in [3.63, 3.8) is 0 Å². The molecule has 2 heterocycles. The molecule has 2 aromatic rings. The van der Waals surface area contributed by atoms with Gasteiger partial charge in [-0.25, -0.2) is 4.98 Å². The lowest BCUT2D eigenvalue weighted by Gasteiger charge is -1.99. The van der Waals surface area contributed by atoms with Crippen molar-refractivity contribution in [2.45, 2.75) is 26.7 Å². The van der Waals surface area contributed by atoms with Gasteiger partial charge in [0.2, 0.25) is 0 Å². The summed E-state index contributed by atoms with van der Waals surface area (Å²) in [5.41, 5.74) is 1.63. The molecule has 0 aromatic carbocycles. The molecule has 0 unspecified atom stereocenters. The van der Waals surface area contributed by atoms with Crippen LogP contribution in [0.1, 0.15) is 31.0 Å². The Morgan fingerprint density at radius 2 is 2.12 bits per heavy atom. The molecule has 84 valence electrons. The number of aromatic amines is 1. The van der Waals surface area contributed by atoms with Crippen molar-refractivity contribution in [3.8, 4) is 5.82 Å². The van der Waals surface area contributed by atoms with Gasteiger partial charge in [0.1, 0.15) is 0 Å². The largest absolute Gasteiger partial charge is 0.294 e. The fraction of sp³-hybridized carbons (Fsp3) is 0.364. The van der Waals surface area contributed by atoms with Crippen LogP contribution in [0.25, 0.3) is 5.82 Å². The van der Waals surface area contributed by atoms with E-state index in [0.29, 0.717) is 5.82 Å². The van der Waals surface area contributed by atoms with Gasteiger partial charge in [-0.15, -0.1) is 0 Å². The van der Waals surface area contributed by atoms with Gasteiger partial charge < -0.3 is 0 Å². The van der Waals surface area contributed by atoms with Crippen molar-refractivity contribution >= 4 is 0 Å². The molecule has 0 spiro atoms. The zero-order valence-electron chi connectivity index (χ0n) is 9.56. The first-order valence-corrected chi connectivity index (χ1v) is 5.19. The first-order chi connectivity index (χ1) is 7.61. The molecule has 0 atom stereocenters. The van der Waals surface area contributed by atoms with E-state index in [1.165, 1.54) is 4.68 Å². The van der Waals surface area contributed by atoms with E-state index in [-0.39, 0.29) is 11.5 Å². The summed E-state index contributed by atoms with van der Waals surface area (Å²) in [7, 11) is 0. The second-order valence-electron chi connectivity index (χ2n) is 4.01. The molecule has 0 saturated heterocycles. The maximum absolute atomic E-state index is 12.1. The predicted octanol–water partition coefficient (Wildman–Crippen LogP) is 1.39. The summed E-state index contributed by atoms with van der Waals surface area (Å²) in [6.45, 7) is 5.89. The lowest BCUT2D eigenvalue weighted by atomic mass is 10.1. The topological polar surface area (TPSA) is 63.6 Å². The van der Waals surface area contributed by atoms with Crippen LogP contribution in [0.4, 0.5) is 0 Å². The fourth-order valence-electron chi connectivity index (χ4n) is 1.81. The van der Waals surface area contributed by atoms with Crippen molar-refractivity contribution in [2.75, 3.05) is 0 Å². The zero-order valence-corrected chi connectivity index (χ0v) is 9.56. The van der Waals surface area contributed by atoms with Crippen molar-refractivity contribution < 1.29 is 0 Å². The molecule has 0 aliphatic rings. The van der Waals surface area contributed by atoms with E-state index in [1.54, 1.807) is 18.6 Å². The third-order valence-corrected chi connectivity index (χ3v) is 2.47. The maximum Gasteiger partial charge on any atom is 0.276 e. The number of aryl methyl sites for hydroxylation is 1. The van der Waals surface area contributed by atoms with Crippen LogP contribution in [0.5, 0.6) is 0 Å². The van der Waals surface area contributed by atoms with Gasteiger partial charge >= 0.3 is 0 Å². The second kappa shape index (κ2) is 3.92. The van der Waals surface area contributed by atoms with Crippen LogP contribution >= 0.6 is 0 Å². The molecule has 0 saturated carbocycles. The first kappa shape index (κ1) is 10.6. The highest BCUT2D eigenvalue weighted by Gasteiger charge is 2.15. The van der Waals surface area contributed by atoms with Gasteiger partial charge in [-0.05, 0) is 12.8 Å². The molecule has 0 aliphatic heterocycles.